The van der Waals surface area contributed by atoms with E-state index in [0.717, 1.165) is 11.3 Å². The second-order valence-corrected chi connectivity index (χ2v) is 7.08. The van der Waals surface area contributed by atoms with Crippen molar-refractivity contribution in [1.82, 2.24) is 10.5 Å². The van der Waals surface area contributed by atoms with Gasteiger partial charge in [-0.3, -0.25) is 4.79 Å². The SMILES string of the molecule is COc1cc(/C=C/C(=O)O[C@H](C)C(=O)NC(C)C)ccc1OCc1c(C)noc1C. The number of benzene rings is 1. The molecule has 30 heavy (non-hydrogen) atoms. The first-order chi connectivity index (χ1) is 14.2. The molecule has 2 rings (SSSR count). The first kappa shape index (κ1) is 23.0. The van der Waals surface area contributed by atoms with Crippen molar-refractivity contribution < 1.29 is 28.3 Å². The molecular weight excluding hydrogens is 388 g/mol. The largest absolute Gasteiger partial charge is 0.493 e. The number of hydrogen-bond acceptors (Lipinski definition) is 7. The van der Waals surface area contributed by atoms with E-state index in [4.69, 9.17) is 18.7 Å². The Balaban J connectivity index is 2.00. The van der Waals surface area contributed by atoms with Gasteiger partial charge in [0.15, 0.2) is 17.6 Å². The molecule has 0 aliphatic carbocycles. The van der Waals surface area contributed by atoms with Crippen LogP contribution in [0.4, 0.5) is 0 Å². The molecule has 162 valence electrons. The highest BCUT2D eigenvalue weighted by Crippen LogP contribution is 2.30. The number of carbonyl (C=O) groups is 2. The van der Waals surface area contributed by atoms with E-state index < -0.39 is 12.1 Å². The molecule has 1 atom stereocenters. The van der Waals surface area contributed by atoms with Gasteiger partial charge in [-0.1, -0.05) is 11.2 Å². The molecule has 1 N–H and O–H groups in total. The first-order valence-electron chi connectivity index (χ1n) is 9.63. The average molecular weight is 416 g/mol. The fraction of sp³-hybridized carbons (Fsp3) is 0.409. The number of esters is 1. The monoisotopic (exact) mass is 416 g/mol. The Morgan fingerprint density at radius 3 is 2.53 bits per heavy atom. The Kier molecular flexibility index (Phi) is 8.03. The summed E-state index contributed by atoms with van der Waals surface area (Å²) in [6.07, 6.45) is 1.97. The maximum absolute atomic E-state index is 12.0. The highest BCUT2D eigenvalue weighted by atomic mass is 16.5. The Labute approximate surface area is 176 Å². The van der Waals surface area contributed by atoms with Gasteiger partial charge in [0.1, 0.15) is 12.4 Å². The van der Waals surface area contributed by atoms with Crippen molar-refractivity contribution in [2.24, 2.45) is 0 Å². The summed E-state index contributed by atoms with van der Waals surface area (Å²) in [6.45, 7) is 9.18. The topological polar surface area (TPSA) is 99.9 Å². The van der Waals surface area contributed by atoms with E-state index in [0.29, 0.717) is 29.4 Å². The quantitative estimate of drug-likeness (QED) is 0.494. The molecule has 1 amide bonds. The first-order valence-corrected chi connectivity index (χ1v) is 9.63. The van der Waals surface area contributed by atoms with Crippen molar-refractivity contribution >= 4 is 18.0 Å². The minimum Gasteiger partial charge on any atom is -0.493 e. The van der Waals surface area contributed by atoms with Gasteiger partial charge in [0.25, 0.3) is 5.91 Å². The predicted molar refractivity (Wildman–Crippen MR) is 111 cm³/mol. The summed E-state index contributed by atoms with van der Waals surface area (Å²) < 4.78 is 21.5. The molecule has 1 aromatic heterocycles. The number of ether oxygens (including phenoxy) is 3. The molecule has 0 unspecified atom stereocenters. The van der Waals surface area contributed by atoms with Gasteiger partial charge in [-0.25, -0.2) is 4.79 Å². The van der Waals surface area contributed by atoms with Crippen LogP contribution in [0.5, 0.6) is 11.5 Å². The van der Waals surface area contributed by atoms with Crippen LogP contribution >= 0.6 is 0 Å². The zero-order valence-electron chi connectivity index (χ0n) is 18.1. The van der Waals surface area contributed by atoms with Crippen molar-refractivity contribution in [3.05, 3.63) is 46.9 Å². The van der Waals surface area contributed by atoms with Gasteiger partial charge >= 0.3 is 5.97 Å². The molecule has 0 bridgehead atoms. The number of amides is 1. The van der Waals surface area contributed by atoms with E-state index in [2.05, 4.69) is 10.5 Å². The lowest BCUT2D eigenvalue weighted by atomic mass is 10.2. The summed E-state index contributed by atoms with van der Waals surface area (Å²) in [5.41, 5.74) is 2.38. The molecule has 2 aromatic rings. The number of aryl methyl sites for hydroxylation is 2. The van der Waals surface area contributed by atoms with Crippen LogP contribution in [-0.2, 0) is 20.9 Å². The van der Waals surface area contributed by atoms with Crippen molar-refractivity contribution in [1.29, 1.82) is 0 Å². The molecule has 8 nitrogen and oxygen atoms in total. The highest BCUT2D eigenvalue weighted by molar-refractivity contribution is 5.90. The van der Waals surface area contributed by atoms with Crippen LogP contribution in [0.1, 0.15) is 43.4 Å². The smallest absolute Gasteiger partial charge is 0.331 e. The summed E-state index contributed by atoms with van der Waals surface area (Å²) in [5.74, 6) is 0.825. The van der Waals surface area contributed by atoms with Crippen LogP contribution < -0.4 is 14.8 Å². The van der Waals surface area contributed by atoms with Gasteiger partial charge in [0.2, 0.25) is 0 Å². The molecule has 8 heteroatoms. The number of rotatable bonds is 9. The van der Waals surface area contributed by atoms with Crippen molar-refractivity contribution in [3.8, 4) is 11.5 Å². The molecule has 0 aliphatic rings. The molecule has 0 aliphatic heterocycles. The summed E-state index contributed by atoms with van der Waals surface area (Å²) in [7, 11) is 1.54. The summed E-state index contributed by atoms with van der Waals surface area (Å²) >= 11 is 0. The van der Waals surface area contributed by atoms with E-state index in [9.17, 15) is 9.59 Å². The molecule has 0 saturated carbocycles. The van der Waals surface area contributed by atoms with Gasteiger partial charge in [-0.15, -0.1) is 0 Å². The molecule has 0 saturated heterocycles. The van der Waals surface area contributed by atoms with Crippen molar-refractivity contribution in [3.63, 3.8) is 0 Å². The highest BCUT2D eigenvalue weighted by Gasteiger charge is 2.17. The fourth-order valence-corrected chi connectivity index (χ4v) is 2.60. The van der Waals surface area contributed by atoms with E-state index in [1.54, 1.807) is 24.3 Å². The third kappa shape index (κ3) is 6.37. The third-order valence-corrected chi connectivity index (χ3v) is 4.25. The van der Waals surface area contributed by atoms with E-state index >= 15 is 0 Å². The predicted octanol–water partition coefficient (Wildman–Crippen LogP) is 3.35. The molecule has 0 fully saturated rings. The minimum absolute atomic E-state index is 0.0278. The lowest BCUT2D eigenvalue weighted by molar-refractivity contribution is -0.150. The van der Waals surface area contributed by atoms with Crippen LogP contribution in [0, 0.1) is 13.8 Å². The fourth-order valence-electron chi connectivity index (χ4n) is 2.60. The van der Waals surface area contributed by atoms with Gasteiger partial charge in [0.05, 0.1) is 18.4 Å². The van der Waals surface area contributed by atoms with Crippen LogP contribution in [0.15, 0.2) is 28.8 Å². The van der Waals surface area contributed by atoms with Crippen LogP contribution in [0.2, 0.25) is 0 Å². The molecule has 1 aromatic carbocycles. The second-order valence-electron chi connectivity index (χ2n) is 7.08. The van der Waals surface area contributed by atoms with Crippen molar-refractivity contribution in [2.45, 2.75) is 53.4 Å². The van der Waals surface area contributed by atoms with E-state index in [1.807, 2.05) is 27.7 Å². The van der Waals surface area contributed by atoms with E-state index in [-0.39, 0.29) is 11.9 Å². The van der Waals surface area contributed by atoms with Gasteiger partial charge in [-0.05, 0) is 58.4 Å². The van der Waals surface area contributed by atoms with Gasteiger partial charge in [-0.2, -0.15) is 0 Å². The number of nitrogens with zero attached hydrogens (tertiary/aromatic N) is 1. The zero-order valence-corrected chi connectivity index (χ0v) is 18.1. The van der Waals surface area contributed by atoms with E-state index in [1.165, 1.54) is 20.1 Å². The van der Waals surface area contributed by atoms with Crippen molar-refractivity contribution in [2.75, 3.05) is 7.11 Å². The van der Waals surface area contributed by atoms with Gasteiger partial charge in [0, 0.05) is 12.1 Å². The summed E-state index contributed by atoms with van der Waals surface area (Å²) in [6, 6.07) is 5.24. The second kappa shape index (κ2) is 10.5. The normalized spacial score (nSPS) is 12.1. The third-order valence-electron chi connectivity index (χ3n) is 4.25. The number of methoxy groups -OCH3 is 1. The lowest BCUT2D eigenvalue weighted by Gasteiger charge is -2.14. The van der Waals surface area contributed by atoms with Gasteiger partial charge < -0.3 is 24.1 Å². The Hall–Kier alpha value is -3.29. The van der Waals surface area contributed by atoms with Crippen LogP contribution in [-0.4, -0.2) is 36.3 Å². The molecular formula is C22H28N2O6. The maximum Gasteiger partial charge on any atom is 0.331 e. The van der Waals surface area contributed by atoms with Crippen LogP contribution in [0.3, 0.4) is 0 Å². The minimum atomic E-state index is -0.876. The molecule has 1 heterocycles. The van der Waals surface area contributed by atoms with Crippen LogP contribution in [0.25, 0.3) is 6.08 Å². The Morgan fingerprint density at radius 1 is 1.20 bits per heavy atom. The number of aromatic nitrogens is 1. The maximum atomic E-state index is 12.0. The zero-order chi connectivity index (χ0) is 22.3. The summed E-state index contributed by atoms with van der Waals surface area (Å²) in [5, 5.41) is 6.60. The summed E-state index contributed by atoms with van der Waals surface area (Å²) in [4.78, 5) is 23.8. The molecule has 0 radical (unpaired) electrons. The number of carbonyl (C=O) groups excluding carboxylic acids is 2. The Bertz CT molecular complexity index is 897. The number of hydrogen-bond donors (Lipinski definition) is 1. The lowest BCUT2D eigenvalue weighted by Crippen LogP contribution is -2.39. The average Bonchev–Trinajstić information content (AvgIpc) is 3.02. The molecule has 0 spiro atoms. The number of nitrogens with one attached hydrogen (secondary N) is 1. The Morgan fingerprint density at radius 2 is 1.93 bits per heavy atom. The standard InChI is InChI=1S/C22H28N2O6/c1-13(2)23-22(26)16(5)29-21(25)10-8-17-7-9-19(20(11-17)27-6)28-12-18-14(3)24-30-15(18)4/h7-11,13,16H,12H2,1-6H3,(H,23,26)/b10-8+/t16-/m1/s1.